The molecule has 3 heterocycles. The number of aromatic nitrogens is 2. The van der Waals surface area contributed by atoms with Gasteiger partial charge in [0.05, 0.1) is 30.1 Å². The Kier molecular flexibility index (Phi) is 5.69. The molecule has 0 fully saturated rings. The van der Waals surface area contributed by atoms with Gasteiger partial charge in [-0.05, 0) is 29.8 Å². The molecule has 9 heteroatoms. The lowest BCUT2D eigenvalue weighted by Gasteiger charge is -2.26. The monoisotopic (exact) mass is 445 g/mol. The maximum atomic E-state index is 13.0. The van der Waals surface area contributed by atoms with Crippen molar-refractivity contribution in [2.75, 3.05) is 38.2 Å². The third-order valence-electron chi connectivity index (χ3n) is 5.80. The van der Waals surface area contributed by atoms with Gasteiger partial charge in [-0.3, -0.25) is 14.4 Å². The smallest absolute Gasteiger partial charge is 0.276 e. The highest BCUT2D eigenvalue weighted by Gasteiger charge is 2.22. The summed E-state index contributed by atoms with van der Waals surface area (Å²) in [6.07, 6.45) is 0. The molecular weight excluding hydrogens is 422 g/mol. The molecule has 9 nitrogen and oxygen atoms in total. The summed E-state index contributed by atoms with van der Waals surface area (Å²) in [7, 11) is 0. The van der Waals surface area contributed by atoms with Crippen LogP contribution < -0.4 is 14.8 Å². The zero-order valence-electron chi connectivity index (χ0n) is 18.0. The van der Waals surface area contributed by atoms with E-state index >= 15 is 0 Å². The van der Waals surface area contributed by atoms with Crippen LogP contribution in [-0.2, 0) is 13.1 Å². The summed E-state index contributed by atoms with van der Waals surface area (Å²) in [5.74, 6) is 0.937. The third kappa shape index (κ3) is 4.14. The summed E-state index contributed by atoms with van der Waals surface area (Å²) in [6, 6.07) is 14.9. The highest BCUT2D eigenvalue weighted by Crippen LogP contribution is 2.37. The van der Waals surface area contributed by atoms with Crippen LogP contribution in [0.1, 0.15) is 21.7 Å². The van der Waals surface area contributed by atoms with Gasteiger partial charge in [-0.1, -0.05) is 18.2 Å². The summed E-state index contributed by atoms with van der Waals surface area (Å²) < 4.78 is 13.1. The maximum Gasteiger partial charge on any atom is 0.276 e. The molecule has 0 aliphatic carbocycles. The highest BCUT2D eigenvalue weighted by atomic mass is 16.6. The van der Waals surface area contributed by atoms with E-state index in [0.717, 1.165) is 17.8 Å². The Morgan fingerprint density at radius 1 is 1.15 bits per heavy atom. The third-order valence-corrected chi connectivity index (χ3v) is 5.80. The molecule has 3 aromatic rings. The Hall–Kier alpha value is -3.87. The van der Waals surface area contributed by atoms with Crippen LogP contribution in [0, 0.1) is 11.3 Å². The van der Waals surface area contributed by atoms with Crippen molar-refractivity contribution in [3.8, 4) is 28.7 Å². The van der Waals surface area contributed by atoms with Gasteiger partial charge in [0.2, 0.25) is 0 Å². The first kappa shape index (κ1) is 21.0. The molecule has 0 spiro atoms. The molecule has 0 unspecified atom stereocenters. The van der Waals surface area contributed by atoms with E-state index in [1.54, 1.807) is 18.2 Å². The van der Waals surface area contributed by atoms with Gasteiger partial charge in [-0.25, -0.2) is 0 Å². The molecule has 2 aliphatic rings. The fourth-order valence-electron chi connectivity index (χ4n) is 4.18. The van der Waals surface area contributed by atoms with Gasteiger partial charge < -0.3 is 19.9 Å². The van der Waals surface area contributed by atoms with Gasteiger partial charge in [-0.15, -0.1) is 0 Å². The molecular formula is C24H23N5O4. The average Bonchev–Trinajstić information content (AvgIpc) is 3.27. The van der Waals surface area contributed by atoms with Crippen LogP contribution in [0.3, 0.4) is 0 Å². The van der Waals surface area contributed by atoms with E-state index < -0.39 is 0 Å². The first-order valence-corrected chi connectivity index (χ1v) is 10.8. The Bertz CT molecular complexity index is 1250. The van der Waals surface area contributed by atoms with Crippen molar-refractivity contribution in [3.63, 3.8) is 0 Å². The van der Waals surface area contributed by atoms with Crippen molar-refractivity contribution < 1.29 is 19.4 Å². The van der Waals surface area contributed by atoms with Crippen LogP contribution in [-0.4, -0.2) is 58.6 Å². The van der Waals surface area contributed by atoms with Gasteiger partial charge in [0, 0.05) is 25.2 Å². The number of nitriles is 1. The molecule has 0 saturated heterocycles. The largest absolute Gasteiger partial charge is 0.486 e. The van der Waals surface area contributed by atoms with Gasteiger partial charge in [-0.2, -0.15) is 10.4 Å². The van der Waals surface area contributed by atoms with E-state index in [1.807, 2.05) is 28.9 Å². The zero-order valence-corrected chi connectivity index (χ0v) is 18.0. The van der Waals surface area contributed by atoms with E-state index in [1.165, 1.54) is 0 Å². The summed E-state index contributed by atoms with van der Waals surface area (Å²) in [4.78, 5) is 15.1. The number of anilines is 1. The number of ether oxygens (including phenoxy) is 2. The average molecular weight is 445 g/mol. The number of rotatable bonds is 5. The summed E-state index contributed by atoms with van der Waals surface area (Å²) >= 11 is 0. The van der Waals surface area contributed by atoms with E-state index in [2.05, 4.69) is 21.4 Å². The fourth-order valence-corrected chi connectivity index (χ4v) is 4.18. The molecule has 0 bridgehead atoms. The lowest BCUT2D eigenvalue weighted by Crippen LogP contribution is -2.35. The van der Waals surface area contributed by atoms with Gasteiger partial charge >= 0.3 is 0 Å². The molecule has 0 saturated carbocycles. The summed E-state index contributed by atoms with van der Waals surface area (Å²) in [5, 5.41) is 26.3. The first-order chi connectivity index (χ1) is 16.2. The molecule has 2 N–H and O–H groups in total. The Balaban J connectivity index is 1.40. The SMILES string of the molecule is N#Cc1c(NC(=O)c2cc3n(n2)CCN(CCO)C3)cccc1-c1ccc2c(c1)OCCO2. The minimum atomic E-state index is -0.374. The van der Waals surface area contributed by atoms with E-state index in [-0.39, 0.29) is 12.5 Å². The number of hydrogen-bond acceptors (Lipinski definition) is 7. The summed E-state index contributed by atoms with van der Waals surface area (Å²) in [5.41, 5.74) is 3.49. The first-order valence-electron chi connectivity index (χ1n) is 10.8. The minimum Gasteiger partial charge on any atom is -0.486 e. The second kappa shape index (κ2) is 8.94. The van der Waals surface area contributed by atoms with Crippen LogP contribution in [0.25, 0.3) is 11.1 Å². The number of carbonyl (C=O) groups is 1. The van der Waals surface area contributed by atoms with Crippen molar-refractivity contribution in [1.82, 2.24) is 14.7 Å². The molecule has 168 valence electrons. The minimum absolute atomic E-state index is 0.0954. The molecule has 0 atom stereocenters. The van der Waals surface area contributed by atoms with Gasteiger partial charge in [0.25, 0.3) is 5.91 Å². The molecule has 2 aromatic carbocycles. The van der Waals surface area contributed by atoms with E-state index in [0.29, 0.717) is 66.9 Å². The molecule has 1 aromatic heterocycles. The maximum absolute atomic E-state index is 13.0. The topological polar surface area (TPSA) is 113 Å². The quantitative estimate of drug-likeness (QED) is 0.619. The number of β-amino-alcohol motifs (C(OH)–C–C–N with tert-alkyl or cyclic N) is 1. The number of amides is 1. The summed E-state index contributed by atoms with van der Waals surface area (Å²) in [6.45, 7) is 3.73. The standard InChI is InChI=1S/C24H23N5O4/c25-14-19-18(16-4-5-22-23(12-16)33-11-10-32-22)2-1-3-20(19)26-24(31)21-13-17-15-28(8-9-30)6-7-29(17)27-21/h1-5,12-13,30H,6-11,15H2,(H,26,31). The predicted octanol–water partition coefficient (Wildman–Crippen LogP) is 2.25. The van der Waals surface area contributed by atoms with Gasteiger partial charge in [0.15, 0.2) is 17.2 Å². The van der Waals surface area contributed by atoms with E-state index in [9.17, 15) is 10.1 Å². The number of nitrogens with one attached hydrogen (secondary N) is 1. The van der Waals surface area contributed by atoms with Crippen LogP contribution in [0.2, 0.25) is 0 Å². The van der Waals surface area contributed by atoms with Crippen molar-refractivity contribution >= 4 is 11.6 Å². The number of benzene rings is 2. The second-order valence-electron chi connectivity index (χ2n) is 7.90. The van der Waals surface area contributed by atoms with Crippen molar-refractivity contribution in [1.29, 1.82) is 5.26 Å². The van der Waals surface area contributed by atoms with Crippen LogP contribution in [0.15, 0.2) is 42.5 Å². The van der Waals surface area contributed by atoms with Crippen LogP contribution in [0.5, 0.6) is 11.5 Å². The number of aliphatic hydroxyl groups is 1. The van der Waals surface area contributed by atoms with Crippen molar-refractivity contribution in [2.24, 2.45) is 0 Å². The van der Waals surface area contributed by atoms with Crippen molar-refractivity contribution in [2.45, 2.75) is 13.1 Å². The molecule has 5 rings (SSSR count). The van der Waals surface area contributed by atoms with Gasteiger partial charge in [0.1, 0.15) is 19.3 Å². The lowest BCUT2D eigenvalue weighted by atomic mass is 9.98. The molecule has 2 aliphatic heterocycles. The van der Waals surface area contributed by atoms with Crippen LogP contribution in [0.4, 0.5) is 5.69 Å². The molecule has 1 amide bonds. The number of aliphatic hydroxyl groups excluding tert-OH is 1. The highest BCUT2D eigenvalue weighted by molar-refractivity contribution is 6.04. The normalized spacial score (nSPS) is 14.9. The zero-order chi connectivity index (χ0) is 22.8. The number of carbonyl (C=O) groups excluding carboxylic acids is 1. The van der Waals surface area contributed by atoms with Crippen molar-refractivity contribution in [3.05, 3.63) is 59.4 Å². The van der Waals surface area contributed by atoms with E-state index in [4.69, 9.17) is 14.6 Å². The number of nitrogens with zero attached hydrogens (tertiary/aromatic N) is 4. The number of fused-ring (bicyclic) bond motifs is 2. The Morgan fingerprint density at radius 2 is 2.00 bits per heavy atom. The lowest BCUT2D eigenvalue weighted by molar-refractivity contribution is 0.102. The second-order valence-corrected chi connectivity index (χ2v) is 7.90. The Labute approximate surface area is 190 Å². The fraction of sp³-hybridized carbons (Fsp3) is 0.292. The Morgan fingerprint density at radius 3 is 2.82 bits per heavy atom. The predicted molar refractivity (Wildman–Crippen MR) is 120 cm³/mol. The molecule has 33 heavy (non-hydrogen) atoms. The molecule has 0 radical (unpaired) electrons. The van der Waals surface area contributed by atoms with Crippen LogP contribution >= 0.6 is 0 Å². The number of hydrogen-bond donors (Lipinski definition) is 2.